The van der Waals surface area contributed by atoms with Crippen molar-refractivity contribution in [3.8, 4) is 11.8 Å². The summed E-state index contributed by atoms with van der Waals surface area (Å²) in [4.78, 5) is 23.2. The molecular weight excluding hydrogens is 316 g/mol. The van der Waals surface area contributed by atoms with Crippen LogP contribution in [0.25, 0.3) is 0 Å². The summed E-state index contributed by atoms with van der Waals surface area (Å²) < 4.78 is 4.70. The van der Waals surface area contributed by atoms with Crippen molar-refractivity contribution in [3.05, 3.63) is 65.2 Å². The van der Waals surface area contributed by atoms with E-state index in [1.165, 1.54) is 7.11 Å². The van der Waals surface area contributed by atoms with Gasteiger partial charge in [0.2, 0.25) is 0 Å². The minimum absolute atomic E-state index is 0.238. The summed E-state index contributed by atoms with van der Waals surface area (Å²) in [6.45, 7) is 2.62. The third-order valence-corrected chi connectivity index (χ3v) is 3.29. The number of carbonyl (C=O) groups excluding carboxylic acids is 2. The van der Waals surface area contributed by atoms with Gasteiger partial charge >= 0.3 is 12.0 Å². The molecule has 128 valence electrons. The Kier molecular flexibility index (Phi) is 6.61. The van der Waals surface area contributed by atoms with Crippen LogP contribution in [0.1, 0.15) is 34.8 Å². The average Bonchev–Trinajstić information content (AvgIpc) is 2.64. The molecule has 0 bridgehead atoms. The lowest BCUT2D eigenvalue weighted by Crippen LogP contribution is -2.29. The van der Waals surface area contributed by atoms with Gasteiger partial charge in [-0.2, -0.15) is 0 Å². The number of ether oxygens (including phenoxy) is 1. The van der Waals surface area contributed by atoms with Gasteiger partial charge in [-0.05, 0) is 42.8 Å². The van der Waals surface area contributed by atoms with Crippen molar-refractivity contribution in [2.45, 2.75) is 13.3 Å². The normalized spacial score (nSPS) is 9.52. The Morgan fingerprint density at radius 3 is 2.40 bits per heavy atom. The summed E-state index contributed by atoms with van der Waals surface area (Å²) in [5.41, 5.74) is 2.60. The molecular formula is C20H20N2O3. The first kappa shape index (κ1) is 18.1. The molecule has 5 heteroatoms. The summed E-state index contributed by atoms with van der Waals surface area (Å²) in [6, 6.07) is 14.0. The molecule has 0 atom stereocenters. The van der Waals surface area contributed by atoms with Crippen molar-refractivity contribution < 1.29 is 14.3 Å². The third kappa shape index (κ3) is 5.70. The number of benzene rings is 2. The second kappa shape index (κ2) is 9.14. The van der Waals surface area contributed by atoms with Crippen LogP contribution < -0.4 is 10.6 Å². The lowest BCUT2D eigenvalue weighted by Gasteiger charge is -2.06. The molecule has 0 spiro atoms. The maximum Gasteiger partial charge on any atom is 0.337 e. The molecule has 0 heterocycles. The number of esters is 1. The van der Waals surface area contributed by atoms with E-state index in [-0.39, 0.29) is 6.03 Å². The van der Waals surface area contributed by atoms with Crippen molar-refractivity contribution in [3.63, 3.8) is 0 Å². The van der Waals surface area contributed by atoms with E-state index in [9.17, 15) is 9.59 Å². The number of amides is 2. The number of anilines is 1. The zero-order valence-corrected chi connectivity index (χ0v) is 14.3. The van der Waals surface area contributed by atoms with E-state index in [1.807, 2.05) is 25.1 Å². The highest BCUT2D eigenvalue weighted by atomic mass is 16.5. The molecule has 0 saturated heterocycles. The molecule has 0 radical (unpaired) electrons. The Labute approximate surface area is 147 Å². The van der Waals surface area contributed by atoms with Crippen molar-refractivity contribution in [1.29, 1.82) is 0 Å². The van der Waals surface area contributed by atoms with Gasteiger partial charge in [-0.25, -0.2) is 9.59 Å². The van der Waals surface area contributed by atoms with E-state index < -0.39 is 5.97 Å². The molecule has 0 aromatic heterocycles. The van der Waals surface area contributed by atoms with Crippen molar-refractivity contribution in [2.24, 2.45) is 0 Å². The zero-order valence-electron chi connectivity index (χ0n) is 14.3. The first-order valence-electron chi connectivity index (χ1n) is 7.97. The van der Waals surface area contributed by atoms with E-state index in [2.05, 4.69) is 22.5 Å². The first-order chi connectivity index (χ1) is 12.1. The smallest absolute Gasteiger partial charge is 0.337 e. The lowest BCUT2D eigenvalue weighted by atomic mass is 10.1. The fourth-order valence-corrected chi connectivity index (χ4v) is 2.07. The molecule has 25 heavy (non-hydrogen) atoms. The fourth-order valence-electron chi connectivity index (χ4n) is 2.07. The highest BCUT2D eigenvalue weighted by Gasteiger charge is 2.04. The molecule has 2 aromatic rings. The number of nitrogens with one attached hydrogen (secondary N) is 2. The van der Waals surface area contributed by atoms with Gasteiger partial charge in [-0.15, -0.1) is 0 Å². The molecule has 0 aliphatic carbocycles. The molecule has 5 nitrogen and oxygen atoms in total. The SMILES string of the molecule is CCCNC(=O)Nc1cccc(C#Cc2cccc(C(=O)OC)c2)c1. The van der Waals surface area contributed by atoms with Gasteiger partial charge in [0.15, 0.2) is 0 Å². The van der Waals surface area contributed by atoms with Gasteiger partial charge in [-0.3, -0.25) is 0 Å². The van der Waals surface area contributed by atoms with Crippen molar-refractivity contribution in [1.82, 2.24) is 5.32 Å². The minimum Gasteiger partial charge on any atom is -0.465 e. The zero-order chi connectivity index (χ0) is 18.1. The molecule has 2 N–H and O–H groups in total. The van der Waals surface area contributed by atoms with Gasteiger partial charge < -0.3 is 15.4 Å². The van der Waals surface area contributed by atoms with Crippen LogP contribution in [0, 0.1) is 11.8 Å². The van der Waals surface area contributed by atoms with E-state index >= 15 is 0 Å². The Hall–Kier alpha value is -3.26. The molecule has 0 unspecified atom stereocenters. The number of hydrogen-bond acceptors (Lipinski definition) is 3. The fraction of sp³-hybridized carbons (Fsp3) is 0.200. The summed E-state index contributed by atoms with van der Waals surface area (Å²) >= 11 is 0. The first-order valence-corrected chi connectivity index (χ1v) is 7.97. The van der Waals surface area contributed by atoms with E-state index in [4.69, 9.17) is 4.74 Å². The monoisotopic (exact) mass is 336 g/mol. The molecule has 2 aromatic carbocycles. The standard InChI is InChI=1S/C20H20N2O3/c1-3-12-21-20(24)22-18-9-5-7-16(14-18)11-10-15-6-4-8-17(13-15)19(23)25-2/h4-9,13-14H,3,12H2,1-2H3,(H2,21,22,24). The Morgan fingerprint density at radius 1 is 1.04 bits per heavy atom. The van der Waals surface area contributed by atoms with E-state index in [0.717, 1.165) is 12.0 Å². The number of rotatable bonds is 4. The third-order valence-electron chi connectivity index (χ3n) is 3.29. The molecule has 0 aliphatic rings. The topological polar surface area (TPSA) is 67.4 Å². The summed E-state index contributed by atoms with van der Waals surface area (Å²) in [5, 5.41) is 5.52. The highest BCUT2D eigenvalue weighted by molar-refractivity contribution is 5.90. The highest BCUT2D eigenvalue weighted by Crippen LogP contribution is 2.10. The molecule has 2 rings (SSSR count). The Balaban J connectivity index is 2.11. The van der Waals surface area contributed by atoms with Crippen LogP contribution in [0.2, 0.25) is 0 Å². The predicted molar refractivity (Wildman–Crippen MR) is 97.5 cm³/mol. The average molecular weight is 336 g/mol. The van der Waals surface area contributed by atoms with Crippen LogP contribution in [0.5, 0.6) is 0 Å². The Bertz CT molecular complexity index is 819. The molecule has 0 saturated carbocycles. The predicted octanol–water partition coefficient (Wildman–Crippen LogP) is 3.40. The number of carbonyl (C=O) groups is 2. The second-order valence-electron chi connectivity index (χ2n) is 5.28. The molecule has 0 fully saturated rings. The van der Waals surface area contributed by atoms with Crippen molar-refractivity contribution >= 4 is 17.7 Å². The largest absolute Gasteiger partial charge is 0.465 e. The van der Waals surface area contributed by atoms with Crippen LogP contribution in [0.15, 0.2) is 48.5 Å². The van der Waals surface area contributed by atoms with Gasteiger partial charge in [0.25, 0.3) is 0 Å². The lowest BCUT2D eigenvalue weighted by molar-refractivity contribution is 0.0600. The summed E-state index contributed by atoms with van der Waals surface area (Å²) in [7, 11) is 1.34. The molecule has 2 amide bonds. The number of hydrogen-bond donors (Lipinski definition) is 2. The van der Waals surface area contributed by atoms with E-state index in [0.29, 0.717) is 23.4 Å². The van der Waals surface area contributed by atoms with E-state index in [1.54, 1.807) is 30.3 Å². The quantitative estimate of drug-likeness (QED) is 0.664. The summed E-state index contributed by atoms with van der Waals surface area (Å²) in [6.07, 6.45) is 0.879. The summed E-state index contributed by atoms with van der Waals surface area (Å²) in [5.74, 6) is 5.64. The van der Waals surface area contributed by atoms with Gasteiger partial charge in [0, 0.05) is 23.4 Å². The van der Waals surface area contributed by atoms with Crippen LogP contribution >= 0.6 is 0 Å². The van der Waals surface area contributed by atoms with Crippen LogP contribution in [0.4, 0.5) is 10.5 Å². The van der Waals surface area contributed by atoms with Crippen molar-refractivity contribution in [2.75, 3.05) is 19.0 Å². The van der Waals surface area contributed by atoms with Crippen LogP contribution in [-0.2, 0) is 4.74 Å². The van der Waals surface area contributed by atoms with Crippen LogP contribution in [-0.4, -0.2) is 25.7 Å². The Morgan fingerprint density at radius 2 is 1.72 bits per heavy atom. The van der Waals surface area contributed by atoms with Gasteiger partial charge in [-0.1, -0.05) is 30.9 Å². The maximum absolute atomic E-state index is 11.7. The number of urea groups is 1. The van der Waals surface area contributed by atoms with Crippen LogP contribution in [0.3, 0.4) is 0 Å². The second-order valence-corrected chi connectivity index (χ2v) is 5.28. The minimum atomic E-state index is -0.395. The van der Waals surface area contributed by atoms with Gasteiger partial charge in [0.05, 0.1) is 12.7 Å². The molecule has 0 aliphatic heterocycles. The number of methoxy groups -OCH3 is 1. The maximum atomic E-state index is 11.7. The van der Waals surface area contributed by atoms with Gasteiger partial charge in [0.1, 0.15) is 0 Å².